The molecule has 0 aliphatic carbocycles. The molecule has 0 spiro atoms. The van der Waals surface area contributed by atoms with Gasteiger partial charge in [-0.3, -0.25) is 0 Å². The predicted molar refractivity (Wildman–Crippen MR) is 73.4 cm³/mol. The average molecular weight is 251 g/mol. The summed E-state index contributed by atoms with van der Waals surface area (Å²) in [4.78, 5) is 4.28. The third kappa shape index (κ3) is 3.44. The highest BCUT2D eigenvalue weighted by molar-refractivity contribution is 7.11. The summed E-state index contributed by atoms with van der Waals surface area (Å²) in [6.45, 7) is 5.40. The SMILES string of the molecule is Cc1ccc(CNC(C)Cc2cccs2)s1. The van der Waals surface area contributed by atoms with Crippen LogP contribution >= 0.6 is 22.7 Å². The van der Waals surface area contributed by atoms with Gasteiger partial charge in [0.1, 0.15) is 0 Å². The van der Waals surface area contributed by atoms with Crippen LogP contribution in [0, 0.1) is 6.92 Å². The van der Waals surface area contributed by atoms with Crippen LogP contribution in [-0.2, 0) is 13.0 Å². The second kappa shape index (κ2) is 5.62. The largest absolute Gasteiger partial charge is 0.309 e. The van der Waals surface area contributed by atoms with Crippen molar-refractivity contribution in [3.05, 3.63) is 44.3 Å². The summed E-state index contributed by atoms with van der Waals surface area (Å²) in [7, 11) is 0. The molecular formula is C13H17NS2. The number of nitrogens with one attached hydrogen (secondary N) is 1. The van der Waals surface area contributed by atoms with Crippen LogP contribution in [0.3, 0.4) is 0 Å². The van der Waals surface area contributed by atoms with E-state index in [1.54, 1.807) is 0 Å². The van der Waals surface area contributed by atoms with E-state index in [0.29, 0.717) is 6.04 Å². The molecular weight excluding hydrogens is 234 g/mol. The van der Waals surface area contributed by atoms with Crippen LogP contribution < -0.4 is 5.32 Å². The number of hydrogen-bond donors (Lipinski definition) is 1. The topological polar surface area (TPSA) is 12.0 Å². The minimum absolute atomic E-state index is 0.543. The van der Waals surface area contributed by atoms with Crippen LogP contribution in [0.25, 0.3) is 0 Å². The molecule has 1 N–H and O–H groups in total. The van der Waals surface area contributed by atoms with Crippen molar-refractivity contribution < 1.29 is 0 Å². The first-order valence-electron chi connectivity index (χ1n) is 5.55. The summed E-state index contributed by atoms with van der Waals surface area (Å²) in [5, 5.41) is 5.71. The highest BCUT2D eigenvalue weighted by Gasteiger charge is 2.04. The smallest absolute Gasteiger partial charge is 0.0302 e. The molecule has 2 aromatic heterocycles. The van der Waals surface area contributed by atoms with Crippen molar-refractivity contribution in [3.63, 3.8) is 0 Å². The van der Waals surface area contributed by atoms with Gasteiger partial charge in [-0.2, -0.15) is 0 Å². The van der Waals surface area contributed by atoms with Crippen LogP contribution in [-0.4, -0.2) is 6.04 Å². The van der Waals surface area contributed by atoms with E-state index in [9.17, 15) is 0 Å². The van der Waals surface area contributed by atoms with Gasteiger partial charge in [-0.1, -0.05) is 6.07 Å². The first-order valence-corrected chi connectivity index (χ1v) is 7.25. The monoisotopic (exact) mass is 251 g/mol. The van der Waals surface area contributed by atoms with Crippen molar-refractivity contribution in [1.29, 1.82) is 0 Å². The minimum Gasteiger partial charge on any atom is -0.309 e. The standard InChI is InChI=1S/C13H17NS2/c1-10(8-12-4-3-7-15-12)14-9-13-6-5-11(2)16-13/h3-7,10,14H,8-9H2,1-2H3. The van der Waals surface area contributed by atoms with Gasteiger partial charge >= 0.3 is 0 Å². The van der Waals surface area contributed by atoms with E-state index in [1.165, 1.54) is 14.6 Å². The molecule has 1 atom stereocenters. The van der Waals surface area contributed by atoms with Crippen LogP contribution in [0.4, 0.5) is 0 Å². The van der Waals surface area contributed by atoms with Crippen LogP contribution in [0.1, 0.15) is 21.6 Å². The van der Waals surface area contributed by atoms with E-state index >= 15 is 0 Å². The molecule has 1 nitrogen and oxygen atoms in total. The normalized spacial score (nSPS) is 12.9. The molecule has 1 unspecified atom stereocenters. The van der Waals surface area contributed by atoms with E-state index in [0.717, 1.165) is 13.0 Å². The lowest BCUT2D eigenvalue weighted by molar-refractivity contribution is 0.552. The molecule has 0 saturated heterocycles. The molecule has 86 valence electrons. The van der Waals surface area contributed by atoms with Gasteiger partial charge in [0.05, 0.1) is 0 Å². The third-order valence-corrected chi connectivity index (χ3v) is 4.41. The van der Waals surface area contributed by atoms with Gasteiger partial charge in [0.2, 0.25) is 0 Å². The Morgan fingerprint density at radius 1 is 1.25 bits per heavy atom. The van der Waals surface area contributed by atoms with Crippen LogP contribution in [0.2, 0.25) is 0 Å². The molecule has 0 radical (unpaired) electrons. The van der Waals surface area contributed by atoms with E-state index in [4.69, 9.17) is 0 Å². The minimum atomic E-state index is 0.543. The lowest BCUT2D eigenvalue weighted by Crippen LogP contribution is -2.26. The second-order valence-corrected chi connectivity index (χ2v) is 6.48. The summed E-state index contributed by atoms with van der Waals surface area (Å²) in [5.74, 6) is 0. The maximum atomic E-state index is 3.57. The molecule has 2 rings (SSSR count). The molecule has 0 saturated carbocycles. The summed E-state index contributed by atoms with van der Waals surface area (Å²) < 4.78 is 0. The van der Waals surface area contributed by atoms with Crippen molar-refractivity contribution in [2.24, 2.45) is 0 Å². The molecule has 3 heteroatoms. The Morgan fingerprint density at radius 2 is 2.12 bits per heavy atom. The Morgan fingerprint density at radius 3 is 2.75 bits per heavy atom. The molecule has 2 aromatic rings. The van der Waals surface area contributed by atoms with E-state index in [2.05, 4.69) is 48.8 Å². The summed E-state index contributed by atoms with van der Waals surface area (Å²) in [5.41, 5.74) is 0. The van der Waals surface area contributed by atoms with E-state index < -0.39 is 0 Å². The summed E-state index contributed by atoms with van der Waals surface area (Å²) in [6, 6.07) is 9.27. The van der Waals surface area contributed by atoms with E-state index in [-0.39, 0.29) is 0 Å². The van der Waals surface area contributed by atoms with Crippen molar-refractivity contribution in [3.8, 4) is 0 Å². The third-order valence-electron chi connectivity index (χ3n) is 2.51. The fourth-order valence-electron chi connectivity index (χ4n) is 1.66. The zero-order valence-corrected chi connectivity index (χ0v) is 11.3. The number of aryl methyl sites for hydroxylation is 1. The summed E-state index contributed by atoms with van der Waals surface area (Å²) in [6.07, 6.45) is 1.13. The highest BCUT2D eigenvalue weighted by atomic mass is 32.1. The molecule has 0 bridgehead atoms. The van der Waals surface area contributed by atoms with Crippen molar-refractivity contribution in [1.82, 2.24) is 5.32 Å². The molecule has 0 aliphatic rings. The van der Waals surface area contributed by atoms with Gasteiger partial charge in [0, 0.05) is 27.2 Å². The number of rotatable bonds is 5. The molecule has 0 aromatic carbocycles. The zero-order chi connectivity index (χ0) is 11.4. The summed E-state index contributed by atoms with van der Waals surface area (Å²) >= 11 is 3.72. The quantitative estimate of drug-likeness (QED) is 0.851. The van der Waals surface area contributed by atoms with E-state index in [1.807, 2.05) is 22.7 Å². The van der Waals surface area contributed by atoms with Crippen LogP contribution in [0.15, 0.2) is 29.6 Å². The molecule has 2 heterocycles. The fraction of sp³-hybridized carbons (Fsp3) is 0.385. The predicted octanol–water partition coefficient (Wildman–Crippen LogP) is 3.84. The Kier molecular flexibility index (Phi) is 4.16. The van der Waals surface area contributed by atoms with Crippen molar-refractivity contribution in [2.75, 3.05) is 0 Å². The Hall–Kier alpha value is -0.640. The molecule has 0 amide bonds. The number of hydrogen-bond acceptors (Lipinski definition) is 3. The van der Waals surface area contributed by atoms with Gasteiger partial charge in [-0.25, -0.2) is 0 Å². The first-order chi connectivity index (χ1) is 7.74. The lowest BCUT2D eigenvalue weighted by Gasteiger charge is -2.11. The second-order valence-electron chi connectivity index (χ2n) is 4.08. The molecule has 16 heavy (non-hydrogen) atoms. The highest BCUT2D eigenvalue weighted by Crippen LogP contribution is 2.15. The first kappa shape index (κ1) is 11.8. The Bertz CT molecular complexity index is 417. The maximum Gasteiger partial charge on any atom is 0.0302 e. The number of thiophene rings is 2. The Balaban J connectivity index is 1.77. The van der Waals surface area contributed by atoms with Gasteiger partial charge in [0.15, 0.2) is 0 Å². The van der Waals surface area contributed by atoms with Gasteiger partial charge < -0.3 is 5.32 Å². The lowest BCUT2D eigenvalue weighted by atomic mass is 10.2. The zero-order valence-electron chi connectivity index (χ0n) is 9.69. The maximum absolute atomic E-state index is 3.57. The van der Waals surface area contributed by atoms with Crippen molar-refractivity contribution >= 4 is 22.7 Å². The Labute approximate surface area is 105 Å². The van der Waals surface area contributed by atoms with Gasteiger partial charge in [-0.15, -0.1) is 22.7 Å². The average Bonchev–Trinajstić information content (AvgIpc) is 2.87. The van der Waals surface area contributed by atoms with Crippen LogP contribution in [0.5, 0.6) is 0 Å². The van der Waals surface area contributed by atoms with Gasteiger partial charge in [0.25, 0.3) is 0 Å². The van der Waals surface area contributed by atoms with Gasteiger partial charge in [-0.05, 0) is 43.8 Å². The fourth-order valence-corrected chi connectivity index (χ4v) is 3.33. The molecule has 0 aliphatic heterocycles. The molecule has 0 fully saturated rings. The van der Waals surface area contributed by atoms with Crippen molar-refractivity contribution in [2.45, 2.75) is 32.9 Å².